The van der Waals surface area contributed by atoms with E-state index in [1.807, 2.05) is 27.7 Å². The summed E-state index contributed by atoms with van der Waals surface area (Å²) in [5.74, 6) is 0.467. The maximum Gasteiger partial charge on any atom is 0.236 e. The van der Waals surface area contributed by atoms with E-state index in [9.17, 15) is 8.42 Å². The Bertz CT molecular complexity index is 473. The molecular weight excluding hydrogens is 250 g/mol. The fourth-order valence-corrected chi connectivity index (χ4v) is 2.19. The lowest BCUT2D eigenvalue weighted by molar-refractivity contribution is 0.606. The lowest BCUT2D eigenvalue weighted by Crippen LogP contribution is -2.14. The van der Waals surface area contributed by atoms with Crippen LogP contribution in [0, 0.1) is 13.8 Å². The Morgan fingerprint density at radius 3 is 1.72 bits per heavy atom. The highest BCUT2D eigenvalue weighted by atomic mass is 32.2. The van der Waals surface area contributed by atoms with Gasteiger partial charge < -0.3 is 0 Å². The van der Waals surface area contributed by atoms with Crippen LogP contribution in [0.3, 0.4) is 0 Å². The minimum Gasteiger partial charge on any atom is -0.251 e. The molecule has 1 N–H and O–H groups in total. The van der Waals surface area contributed by atoms with Crippen LogP contribution in [0.5, 0.6) is 0 Å². The molecule has 0 amide bonds. The maximum absolute atomic E-state index is 11.1. The molecule has 18 heavy (non-hydrogen) atoms. The highest BCUT2D eigenvalue weighted by Gasteiger charge is 2.13. The minimum absolute atomic E-state index is 0.141. The van der Waals surface area contributed by atoms with Crippen molar-refractivity contribution in [2.75, 3.05) is 11.0 Å². The van der Waals surface area contributed by atoms with Crippen LogP contribution in [0.4, 0.5) is 5.95 Å². The van der Waals surface area contributed by atoms with E-state index in [4.69, 9.17) is 0 Å². The summed E-state index contributed by atoms with van der Waals surface area (Å²) in [7, 11) is -3.32. The maximum atomic E-state index is 11.1. The number of anilines is 1. The number of aryl methyl sites for hydroxylation is 2. The molecule has 0 unspecified atom stereocenters. The van der Waals surface area contributed by atoms with E-state index >= 15 is 0 Å². The van der Waals surface area contributed by atoms with E-state index in [1.165, 1.54) is 0 Å². The van der Waals surface area contributed by atoms with E-state index < -0.39 is 10.0 Å². The molecule has 1 aromatic rings. The number of hydrogen-bond acceptors (Lipinski definition) is 4. The van der Waals surface area contributed by atoms with Crippen molar-refractivity contribution in [1.29, 1.82) is 0 Å². The molecule has 0 radical (unpaired) electrons. The Hall–Kier alpha value is -1.17. The first-order chi connectivity index (χ1) is 8.20. The molecule has 0 spiro atoms. The first kappa shape index (κ1) is 16.8. The number of hydrogen-bond donors (Lipinski definition) is 1. The van der Waals surface area contributed by atoms with Crippen LogP contribution in [-0.2, 0) is 10.0 Å². The van der Waals surface area contributed by atoms with Gasteiger partial charge in [0, 0.05) is 11.4 Å². The summed E-state index contributed by atoms with van der Waals surface area (Å²) in [5, 5.41) is 0. The van der Waals surface area contributed by atoms with E-state index in [-0.39, 0.29) is 5.95 Å². The third-order valence-electron chi connectivity index (χ3n) is 2.18. The van der Waals surface area contributed by atoms with Crippen LogP contribution < -0.4 is 4.72 Å². The number of nitrogens with zero attached hydrogens (tertiary/aromatic N) is 2. The smallest absolute Gasteiger partial charge is 0.236 e. The molecule has 0 aliphatic heterocycles. The Labute approximate surface area is 110 Å². The van der Waals surface area contributed by atoms with Crippen molar-refractivity contribution >= 4 is 16.0 Å². The summed E-state index contributed by atoms with van der Waals surface area (Å²) in [5.41, 5.74) is 2.70. The fraction of sp³-hybridized carbons (Fsp3) is 0.667. The highest BCUT2D eigenvalue weighted by Crippen LogP contribution is 2.21. The Balaban J connectivity index is 0.00000137. The average Bonchev–Trinajstić information content (AvgIpc) is 2.15. The number of nitrogens with one attached hydrogen (secondary N) is 1. The fourth-order valence-electron chi connectivity index (χ4n) is 1.77. The van der Waals surface area contributed by atoms with Gasteiger partial charge in [-0.2, -0.15) is 0 Å². The van der Waals surface area contributed by atoms with Crippen molar-refractivity contribution in [3.8, 4) is 0 Å². The van der Waals surface area contributed by atoms with Gasteiger partial charge in [-0.05, 0) is 25.3 Å². The van der Waals surface area contributed by atoms with E-state index in [1.54, 1.807) is 0 Å². The third-order valence-corrected chi connectivity index (χ3v) is 2.73. The molecule has 104 valence electrons. The van der Waals surface area contributed by atoms with Gasteiger partial charge in [0.2, 0.25) is 16.0 Å². The SMILES string of the molecule is CC.Cc1nc(NS(C)(=O)=O)nc(C)c1C(C)C. The molecule has 0 fully saturated rings. The molecule has 1 heterocycles. The second kappa shape index (κ2) is 6.68. The molecule has 0 bridgehead atoms. The normalized spacial score (nSPS) is 10.9. The monoisotopic (exact) mass is 273 g/mol. The number of aromatic nitrogens is 2. The van der Waals surface area contributed by atoms with Gasteiger partial charge in [0.15, 0.2) is 0 Å². The average molecular weight is 273 g/mol. The van der Waals surface area contributed by atoms with Gasteiger partial charge in [-0.3, -0.25) is 4.72 Å². The Morgan fingerprint density at radius 2 is 1.44 bits per heavy atom. The second-order valence-corrected chi connectivity index (χ2v) is 5.91. The van der Waals surface area contributed by atoms with Crippen molar-refractivity contribution in [2.45, 2.75) is 47.5 Å². The van der Waals surface area contributed by atoms with Crippen molar-refractivity contribution in [2.24, 2.45) is 0 Å². The standard InChI is InChI=1S/C10H17N3O2S.C2H6/c1-6(2)9-7(3)11-10(12-8(9)4)13-16(5,14)15;1-2/h6H,1-5H3,(H,11,12,13);1-2H3. The first-order valence-electron chi connectivity index (χ1n) is 6.03. The molecule has 0 aliphatic rings. The van der Waals surface area contributed by atoms with Gasteiger partial charge in [-0.15, -0.1) is 0 Å². The third kappa shape index (κ3) is 5.00. The molecule has 0 aromatic carbocycles. The lowest BCUT2D eigenvalue weighted by Gasteiger charge is -2.13. The van der Waals surface area contributed by atoms with Crippen molar-refractivity contribution in [3.05, 3.63) is 17.0 Å². The second-order valence-electron chi connectivity index (χ2n) is 4.16. The van der Waals surface area contributed by atoms with Crippen molar-refractivity contribution < 1.29 is 8.42 Å². The van der Waals surface area contributed by atoms with Crippen molar-refractivity contribution in [1.82, 2.24) is 9.97 Å². The molecule has 5 nitrogen and oxygen atoms in total. The van der Waals surface area contributed by atoms with E-state index in [2.05, 4.69) is 28.5 Å². The molecule has 1 aromatic heterocycles. The van der Waals surface area contributed by atoms with Crippen LogP contribution in [0.1, 0.15) is 50.6 Å². The van der Waals surface area contributed by atoms with Crippen LogP contribution >= 0.6 is 0 Å². The Morgan fingerprint density at radius 1 is 1.06 bits per heavy atom. The summed E-state index contributed by atoms with van der Waals surface area (Å²) >= 11 is 0. The summed E-state index contributed by atoms with van der Waals surface area (Å²) in [6.45, 7) is 11.8. The molecule has 0 atom stereocenters. The quantitative estimate of drug-likeness (QED) is 0.919. The van der Waals surface area contributed by atoms with Gasteiger partial charge in [-0.1, -0.05) is 27.7 Å². The predicted octanol–water partition coefficient (Wildman–Crippen LogP) is 2.61. The number of sulfonamides is 1. The molecular formula is C12H23N3O2S. The number of rotatable bonds is 3. The van der Waals surface area contributed by atoms with Gasteiger partial charge in [0.1, 0.15) is 0 Å². The zero-order valence-corrected chi connectivity index (χ0v) is 13.0. The van der Waals surface area contributed by atoms with Gasteiger partial charge in [0.25, 0.3) is 0 Å². The first-order valence-corrected chi connectivity index (χ1v) is 7.92. The van der Waals surface area contributed by atoms with Gasteiger partial charge in [-0.25, -0.2) is 18.4 Å². The van der Waals surface area contributed by atoms with Crippen LogP contribution in [0.15, 0.2) is 0 Å². The molecule has 0 aliphatic carbocycles. The summed E-state index contributed by atoms with van der Waals surface area (Å²) in [6, 6.07) is 0. The van der Waals surface area contributed by atoms with Crippen LogP contribution in [0.2, 0.25) is 0 Å². The van der Waals surface area contributed by atoms with Crippen LogP contribution in [-0.4, -0.2) is 24.6 Å². The Kier molecular flexibility index (Phi) is 6.25. The summed E-state index contributed by atoms with van der Waals surface area (Å²) < 4.78 is 24.4. The van der Waals surface area contributed by atoms with Gasteiger partial charge >= 0.3 is 0 Å². The molecule has 0 saturated carbocycles. The zero-order valence-electron chi connectivity index (χ0n) is 12.2. The zero-order chi connectivity index (χ0) is 14.5. The molecule has 6 heteroatoms. The highest BCUT2D eigenvalue weighted by molar-refractivity contribution is 7.91. The van der Waals surface area contributed by atoms with Crippen LogP contribution in [0.25, 0.3) is 0 Å². The lowest BCUT2D eigenvalue weighted by atomic mass is 10.0. The van der Waals surface area contributed by atoms with Gasteiger partial charge in [0.05, 0.1) is 6.26 Å². The van der Waals surface area contributed by atoms with E-state index in [0.717, 1.165) is 23.2 Å². The minimum atomic E-state index is -3.32. The predicted molar refractivity (Wildman–Crippen MR) is 75.4 cm³/mol. The molecule has 0 saturated heterocycles. The largest absolute Gasteiger partial charge is 0.251 e. The summed E-state index contributed by atoms with van der Waals surface area (Å²) in [4.78, 5) is 8.28. The molecule has 1 rings (SSSR count). The van der Waals surface area contributed by atoms with Crippen molar-refractivity contribution in [3.63, 3.8) is 0 Å². The summed E-state index contributed by atoms with van der Waals surface area (Å²) in [6.07, 6.45) is 1.08. The topological polar surface area (TPSA) is 72.0 Å². The van der Waals surface area contributed by atoms with E-state index in [0.29, 0.717) is 5.92 Å².